The SMILES string of the molecule is CC1(C)O[C@H]2O[C@@H]3C(=O)NCCC(=O)N[C@H]4[C@H]5OC(C)(C)O[C@H]5O[C@@H]4C(=O)NCCC(=O)N[C@H]3[C@H]2O1. The van der Waals surface area contributed by atoms with Crippen molar-refractivity contribution in [3.8, 4) is 0 Å². The third kappa shape index (κ3) is 4.93. The summed E-state index contributed by atoms with van der Waals surface area (Å²) in [4.78, 5) is 51.2. The Kier molecular flexibility index (Phi) is 6.46. The predicted octanol–water partition coefficient (Wildman–Crippen LogP) is -2.26. The fourth-order valence-electron chi connectivity index (χ4n) is 5.10. The molecule has 0 saturated carbocycles. The molecule has 4 N–H and O–H groups in total. The van der Waals surface area contributed by atoms with Gasteiger partial charge in [0.15, 0.2) is 36.4 Å². The van der Waals surface area contributed by atoms with E-state index in [9.17, 15) is 19.2 Å². The lowest BCUT2D eigenvalue weighted by Crippen LogP contribution is -2.55. The van der Waals surface area contributed by atoms with E-state index < -0.39 is 84.3 Å². The molecule has 5 rings (SSSR count). The summed E-state index contributed by atoms with van der Waals surface area (Å²) in [7, 11) is 0. The van der Waals surface area contributed by atoms with Gasteiger partial charge in [0.25, 0.3) is 11.8 Å². The number of amides is 4. The van der Waals surface area contributed by atoms with Crippen LogP contribution in [0.15, 0.2) is 0 Å². The summed E-state index contributed by atoms with van der Waals surface area (Å²) >= 11 is 0. The van der Waals surface area contributed by atoms with Gasteiger partial charge in [-0.3, -0.25) is 19.2 Å². The molecule has 5 saturated heterocycles. The number of rotatable bonds is 0. The number of nitrogens with one attached hydrogen (secondary N) is 4. The van der Waals surface area contributed by atoms with Crippen LogP contribution in [0.1, 0.15) is 40.5 Å². The van der Waals surface area contributed by atoms with Crippen LogP contribution in [-0.4, -0.2) is 97.4 Å². The van der Waals surface area contributed by atoms with Crippen LogP contribution in [0.5, 0.6) is 0 Å². The second-order valence-electron chi connectivity index (χ2n) is 10.3. The molecule has 0 unspecified atom stereocenters. The smallest absolute Gasteiger partial charge is 0.251 e. The molecule has 5 aliphatic heterocycles. The van der Waals surface area contributed by atoms with E-state index in [2.05, 4.69) is 21.3 Å². The molecule has 14 heteroatoms. The van der Waals surface area contributed by atoms with Crippen LogP contribution >= 0.6 is 0 Å². The lowest BCUT2D eigenvalue weighted by Gasteiger charge is -2.27. The molecule has 0 aromatic rings. The zero-order valence-electron chi connectivity index (χ0n) is 20.5. The Morgan fingerprint density at radius 3 is 1.42 bits per heavy atom. The highest BCUT2D eigenvalue weighted by Gasteiger charge is 2.58. The van der Waals surface area contributed by atoms with E-state index in [1.807, 2.05) is 0 Å². The van der Waals surface area contributed by atoms with Crippen molar-refractivity contribution in [2.45, 2.75) is 101 Å². The van der Waals surface area contributed by atoms with Gasteiger partial charge < -0.3 is 49.7 Å². The average Bonchev–Trinajstić information content (AvgIpc) is 3.44. The van der Waals surface area contributed by atoms with Crippen LogP contribution in [0, 0.1) is 0 Å². The summed E-state index contributed by atoms with van der Waals surface area (Å²) in [6.45, 7) is 6.82. The fourth-order valence-corrected chi connectivity index (χ4v) is 5.10. The van der Waals surface area contributed by atoms with Crippen molar-refractivity contribution in [3.63, 3.8) is 0 Å². The molecule has 4 amide bonds. The van der Waals surface area contributed by atoms with Crippen molar-refractivity contribution >= 4 is 23.6 Å². The first kappa shape index (κ1) is 25.3. The number of hydrogen-bond acceptors (Lipinski definition) is 10. The first-order valence-corrected chi connectivity index (χ1v) is 12.1. The fraction of sp³-hybridized carbons (Fsp3) is 0.818. The van der Waals surface area contributed by atoms with E-state index in [4.69, 9.17) is 28.4 Å². The lowest BCUT2D eigenvalue weighted by molar-refractivity contribution is -0.208. The van der Waals surface area contributed by atoms with Gasteiger partial charge in [-0.2, -0.15) is 0 Å². The third-order valence-electron chi connectivity index (χ3n) is 6.57. The molecule has 0 spiro atoms. The number of carbonyl (C=O) groups excluding carboxylic acids is 4. The minimum absolute atomic E-state index is 0.00484. The van der Waals surface area contributed by atoms with Crippen molar-refractivity contribution in [3.05, 3.63) is 0 Å². The van der Waals surface area contributed by atoms with Crippen LogP contribution in [-0.2, 0) is 47.6 Å². The van der Waals surface area contributed by atoms with Crippen molar-refractivity contribution in [1.82, 2.24) is 21.3 Å². The van der Waals surface area contributed by atoms with Crippen molar-refractivity contribution in [2.75, 3.05) is 13.1 Å². The Morgan fingerprint density at radius 1 is 0.639 bits per heavy atom. The van der Waals surface area contributed by atoms with E-state index in [0.29, 0.717) is 0 Å². The quantitative estimate of drug-likeness (QED) is 0.277. The summed E-state index contributed by atoms with van der Waals surface area (Å²) in [5.74, 6) is -3.73. The Balaban J connectivity index is 1.31. The molecular formula is C22H32N4O10. The van der Waals surface area contributed by atoms with Gasteiger partial charge in [-0.15, -0.1) is 0 Å². The van der Waals surface area contributed by atoms with Gasteiger partial charge >= 0.3 is 0 Å². The van der Waals surface area contributed by atoms with Gasteiger partial charge in [0, 0.05) is 25.9 Å². The maximum absolute atomic E-state index is 12.9. The molecule has 0 radical (unpaired) electrons. The van der Waals surface area contributed by atoms with Gasteiger partial charge in [0.05, 0.1) is 12.1 Å². The zero-order valence-corrected chi connectivity index (χ0v) is 20.5. The summed E-state index contributed by atoms with van der Waals surface area (Å²) < 4.78 is 34.7. The van der Waals surface area contributed by atoms with E-state index in [-0.39, 0.29) is 25.9 Å². The van der Waals surface area contributed by atoms with Gasteiger partial charge in [0.2, 0.25) is 11.8 Å². The number of hydrogen-bond donors (Lipinski definition) is 4. The first-order valence-electron chi connectivity index (χ1n) is 12.1. The Hall–Kier alpha value is -2.36. The van der Waals surface area contributed by atoms with Gasteiger partial charge in [-0.1, -0.05) is 0 Å². The molecule has 200 valence electrons. The maximum Gasteiger partial charge on any atom is 0.251 e. The molecule has 0 aliphatic carbocycles. The highest BCUT2D eigenvalue weighted by molar-refractivity contribution is 5.87. The van der Waals surface area contributed by atoms with Gasteiger partial charge in [0.1, 0.15) is 12.2 Å². The van der Waals surface area contributed by atoms with Gasteiger partial charge in [-0.25, -0.2) is 0 Å². The predicted molar refractivity (Wildman–Crippen MR) is 117 cm³/mol. The van der Waals surface area contributed by atoms with E-state index in [0.717, 1.165) is 0 Å². The number of fused-ring (bicyclic) bond motifs is 6. The highest BCUT2D eigenvalue weighted by atomic mass is 16.8. The Morgan fingerprint density at radius 2 is 1.03 bits per heavy atom. The van der Waals surface area contributed by atoms with Crippen molar-refractivity contribution in [2.24, 2.45) is 0 Å². The maximum atomic E-state index is 12.9. The molecule has 14 nitrogen and oxygen atoms in total. The Labute approximate surface area is 207 Å². The molecular weight excluding hydrogens is 480 g/mol. The molecule has 5 aliphatic rings. The molecule has 8 atom stereocenters. The normalized spacial score (nSPS) is 42.3. The van der Waals surface area contributed by atoms with Crippen molar-refractivity contribution < 1.29 is 47.6 Å². The molecule has 0 aromatic heterocycles. The Bertz CT molecular complexity index is 868. The third-order valence-corrected chi connectivity index (χ3v) is 6.57. The van der Waals surface area contributed by atoms with Crippen LogP contribution in [0.25, 0.3) is 0 Å². The lowest BCUT2D eigenvalue weighted by atomic mass is 10.1. The first-order chi connectivity index (χ1) is 16.9. The number of ether oxygens (including phenoxy) is 6. The zero-order chi connectivity index (χ0) is 25.8. The minimum Gasteiger partial charge on any atom is -0.353 e. The van der Waals surface area contributed by atoms with Gasteiger partial charge in [-0.05, 0) is 27.7 Å². The summed E-state index contributed by atoms with van der Waals surface area (Å²) in [6.07, 6.45) is -5.39. The minimum atomic E-state index is -1.08. The molecule has 0 bridgehead atoms. The average molecular weight is 513 g/mol. The van der Waals surface area contributed by atoms with Crippen LogP contribution in [0.3, 0.4) is 0 Å². The second-order valence-corrected chi connectivity index (χ2v) is 10.3. The highest BCUT2D eigenvalue weighted by Crippen LogP contribution is 2.38. The largest absolute Gasteiger partial charge is 0.353 e. The topological polar surface area (TPSA) is 172 Å². The molecule has 0 aromatic carbocycles. The summed E-state index contributed by atoms with van der Waals surface area (Å²) in [6, 6.07) is -1.64. The standard InChI is InChI=1S/C22H32N4O10/c1-21(2)33-15-11-13(31-19(15)35-21)17(29)23-8-6-10(28)26-12-14(18(30)24-7-5-9(27)25-11)32-20-16(12)34-22(3,4)36-20/h11-16,19-20H,5-8H2,1-4H3,(H,23,29)(H,24,30)(H,25,27)(H,26,28)/t11-,12-,13+,14+,15-,16-,19-,20-/m1/s1. The monoisotopic (exact) mass is 512 g/mol. The van der Waals surface area contributed by atoms with E-state index >= 15 is 0 Å². The molecule has 5 fully saturated rings. The van der Waals surface area contributed by atoms with Crippen molar-refractivity contribution in [1.29, 1.82) is 0 Å². The molecule has 36 heavy (non-hydrogen) atoms. The molecule has 5 heterocycles. The van der Waals surface area contributed by atoms with Crippen LogP contribution < -0.4 is 21.3 Å². The van der Waals surface area contributed by atoms with Crippen LogP contribution in [0.2, 0.25) is 0 Å². The summed E-state index contributed by atoms with van der Waals surface area (Å²) in [5.41, 5.74) is 0. The van der Waals surface area contributed by atoms with Crippen LogP contribution in [0.4, 0.5) is 0 Å². The van der Waals surface area contributed by atoms with E-state index in [1.54, 1.807) is 27.7 Å². The van der Waals surface area contributed by atoms with E-state index in [1.165, 1.54) is 0 Å². The number of carbonyl (C=O) groups is 4. The second kappa shape index (κ2) is 9.19. The summed E-state index contributed by atoms with van der Waals surface area (Å²) in [5, 5.41) is 10.9.